The Morgan fingerprint density at radius 1 is 1.09 bits per heavy atom. The molecule has 1 aromatic heterocycles. The van der Waals surface area contributed by atoms with Crippen LogP contribution in [-0.2, 0) is 19.4 Å². The molecule has 114 valence electrons. The van der Waals surface area contributed by atoms with Crippen LogP contribution in [0, 0.1) is 5.92 Å². The molecule has 3 rings (SSSR count). The molecular formula is C19H23N3. The molecule has 3 heteroatoms. The lowest BCUT2D eigenvalue weighted by molar-refractivity contribution is 0.578. The van der Waals surface area contributed by atoms with Crippen LogP contribution in [0.4, 0.5) is 5.69 Å². The Kier molecular flexibility index (Phi) is 4.14. The maximum Gasteiger partial charge on any atom is 0.110 e. The van der Waals surface area contributed by atoms with E-state index in [9.17, 15) is 0 Å². The number of nitrogens with zero attached hydrogens (tertiary/aromatic N) is 2. The number of aryl methyl sites for hydroxylation is 2. The van der Waals surface area contributed by atoms with E-state index in [-0.39, 0.29) is 0 Å². The number of hydrogen-bond acceptors (Lipinski definition) is 2. The lowest BCUT2D eigenvalue weighted by Gasteiger charge is -2.11. The Balaban J connectivity index is 1.94. The van der Waals surface area contributed by atoms with E-state index in [4.69, 9.17) is 10.7 Å². The van der Waals surface area contributed by atoms with E-state index in [1.807, 2.05) is 12.1 Å². The van der Waals surface area contributed by atoms with E-state index in [1.165, 1.54) is 11.1 Å². The van der Waals surface area contributed by atoms with Crippen LogP contribution in [-0.4, -0.2) is 9.55 Å². The van der Waals surface area contributed by atoms with Gasteiger partial charge in [-0.2, -0.15) is 0 Å². The van der Waals surface area contributed by atoms with Gasteiger partial charge in [0.25, 0.3) is 0 Å². The number of nitrogens with two attached hydrogens (primary N) is 1. The maximum atomic E-state index is 5.90. The van der Waals surface area contributed by atoms with Crippen LogP contribution >= 0.6 is 0 Å². The highest BCUT2D eigenvalue weighted by molar-refractivity contribution is 5.79. The van der Waals surface area contributed by atoms with Crippen LogP contribution in [0.15, 0.2) is 48.5 Å². The Hall–Kier alpha value is -2.29. The number of anilines is 1. The van der Waals surface area contributed by atoms with E-state index in [2.05, 4.69) is 54.8 Å². The van der Waals surface area contributed by atoms with Crippen LogP contribution in [0.5, 0.6) is 0 Å². The summed E-state index contributed by atoms with van der Waals surface area (Å²) in [6.07, 6.45) is 2.01. The van der Waals surface area contributed by atoms with Crippen molar-refractivity contribution in [2.75, 3.05) is 5.73 Å². The highest BCUT2D eigenvalue weighted by Gasteiger charge is 2.12. The van der Waals surface area contributed by atoms with Gasteiger partial charge in [-0.15, -0.1) is 0 Å². The first kappa shape index (κ1) is 14.6. The summed E-state index contributed by atoms with van der Waals surface area (Å²) in [7, 11) is 0. The zero-order valence-corrected chi connectivity index (χ0v) is 13.3. The first-order valence-corrected chi connectivity index (χ1v) is 7.92. The minimum absolute atomic E-state index is 0.588. The fourth-order valence-electron chi connectivity index (χ4n) is 2.85. The molecule has 0 spiro atoms. The van der Waals surface area contributed by atoms with Gasteiger partial charge < -0.3 is 10.3 Å². The Labute approximate surface area is 131 Å². The molecule has 3 nitrogen and oxygen atoms in total. The minimum atomic E-state index is 0.588. The number of benzene rings is 2. The Morgan fingerprint density at radius 2 is 1.86 bits per heavy atom. The van der Waals surface area contributed by atoms with Crippen LogP contribution < -0.4 is 5.73 Å². The van der Waals surface area contributed by atoms with Crippen LogP contribution in [0.25, 0.3) is 11.0 Å². The quantitative estimate of drug-likeness (QED) is 0.721. The topological polar surface area (TPSA) is 43.8 Å². The fraction of sp³-hybridized carbons (Fsp3) is 0.316. The minimum Gasteiger partial charge on any atom is -0.399 e. The third-order valence-corrected chi connectivity index (χ3v) is 3.91. The molecule has 3 aromatic rings. The summed E-state index contributed by atoms with van der Waals surface area (Å²) in [6, 6.07) is 16.6. The Morgan fingerprint density at radius 3 is 2.59 bits per heavy atom. The molecule has 0 aliphatic rings. The van der Waals surface area contributed by atoms with Gasteiger partial charge >= 0.3 is 0 Å². The van der Waals surface area contributed by atoms with Crippen molar-refractivity contribution in [2.45, 2.75) is 33.2 Å². The average Bonchev–Trinajstić information content (AvgIpc) is 2.81. The molecule has 2 N–H and O–H groups in total. The number of imidazole rings is 1. The molecule has 0 aliphatic heterocycles. The van der Waals surface area contributed by atoms with Gasteiger partial charge in [-0.1, -0.05) is 44.2 Å². The summed E-state index contributed by atoms with van der Waals surface area (Å²) in [5.41, 5.74) is 10.2. The van der Waals surface area contributed by atoms with Crippen molar-refractivity contribution in [3.05, 3.63) is 59.9 Å². The van der Waals surface area contributed by atoms with E-state index in [1.54, 1.807) is 0 Å². The normalized spacial score (nSPS) is 11.4. The second kappa shape index (κ2) is 6.22. The van der Waals surface area contributed by atoms with Crippen LogP contribution in [0.2, 0.25) is 0 Å². The van der Waals surface area contributed by atoms with Crippen molar-refractivity contribution >= 4 is 16.7 Å². The van der Waals surface area contributed by atoms with Gasteiger partial charge in [0, 0.05) is 18.7 Å². The number of fused-ring (bicyclic) bond motifs is 1. The SMILES string of the molecule is CC(C)Cc1nc2cc(N)ccc2n1CCc1ccccc1. The number of hydrogen-bond donors (Lipinski definition) is 1. The summed E-state index contributed by atoms with van der Waals surface area (Å²) in [5.74, 6) is 1.75. The molecule has 0 saturated carbocycles. The van der Waals surface area contributed by atoms with E-state index < -0.39 is 0 Å². The van der Waals surface area contributed by atoms with E-state index in [0.717, 1.165) is 36.4 Å². The lowest BCUT2D eigenvalue weighted by atomic mass is 10.1. The molecule has 0 aliphatic carbocycles. The van der Waals surface area contributed by atoms with Crippen molar-refractivity contribution in [1.29, 1.82) is 0 Å². The van der Waals surface area contributed by atoms with Crippen molar-refractivity contribution < 1.29 is 0 Å². The lowest BCUT2D eigenvalue weighted by Crippen LogP contribution is -2.08. The third-order valence-electron chi connectivity index (χ3n) is 3.91. The summed E-state index contributed by atoms with van der Waals surface area (Å²) in [4.78, 5) is 4.81. The standard InChI is InChI=1S/C19H23N3/c1-14(2)12-19-21-17-13-16(20)8-9-18(17)22(19)11-10-15-6-4-3-5-7-15/h3-9,13-14H,10-12,20H2,1-2H3. The fourth-order valence-corrected chi connectivity index (χ4v) is 2.85. The largest absolute Gasteiger partial charge is 0.399 e. The highest BCUT2D eigenvalue weighted by Crippen LogP contribution is 2.21. The monoisotopic (exact) mass is 293 g/mol. The molecule has 1 heterocycles. The average molecular weight is 293 g/mol. The number of rotatable bonds is 5. The van der Waals surface area contributed by atoms with Gasteiger partial charge in [-0.3, -0.25) is 0 Å². The summed E-state index contributed by atoms with van der Waals surface area (Å²) >= 11 is 0. The van der Waals surface area contributed by atoms with Crippen molar-refractivity contribution in [2.24, 2.45) is 5.92 Å². The molecule has 0 saturated heterocycles. The Bertz CT molecular complexity index is 757. The predicted molar refractivity (Wildman–Crippen MR) is 92.8 cm³/mol. The summed E-state index contributed by atoms with van der Waals surface area (Å²) in [6.45, 7) is 5.41. The van der Waals surface area contributed by atoms with Crippen LogP contribution in [0.3, 0.4) is 0 Å². The van der Waals surface area contributed by atoms with Gasteiger partial charge in [0.1, 0.15) is 5.82 Å². The summed E-state index contributed by atoms with van der Waals surface area (Å²) < 4.78 is 2.35. The maximum absolute atomic E-state index is 5.90. The van der Waals surface area contributed by atoms with Crippen molar-refractivity contribution in [1.82, 2.24) is 9.55 Å². The molecule has 0 bridgehead atoms. The molecule has 0 radical (unpaired) electrons. The van der Waals surface area contributed by atoms with Gasteiger partial charge in [0.15, 0.2) is 0 Å². The van der Waals surface area contributed by atoms with Gasteiger partial charge in [-0.25, -0.2) is 4.98 Å². The van der Waals surface area contributed by atoms with Crippen molar-refractivity contribution in [3.63, 3.8) is 0 Å². The molecule has 0 unspecified atom stereocenters. The first-order valence-electron chi connectivity index (χ1n) is 7.92. The number of aromatic nitrogens is 2. The second-order valence-corrected chi connectivity index (χ2v) is 6.26. The zero-order valence-electron chi connectivity index (χ0n) is 13.3. The summed E-state index contributed by atoms with van der Waals surface area (Å²) in [5, 5.41) is 0. The second-order valence-electron chi connectivity index (χ2n) is 6.26. The van der Waals surface area contributed by atoms with E-state index in [0.29, 0.717) is 5.92 Å². The van der Waals surface area contributed by atoms with Crippen LogP contribution in [0.1, 0.15) is 25.2 Å². The third kappa shape index (κ3) is 3.14. The van der Waals surface area contributed by atoms with E-state index >= 15 is 0 Å². The van der Waals surface area contributed by atoms with Crippen molar-refractivity contribution in [3.8, 4) is 0 Å². The molecule has 2 aromatic carbocycles. The molecule has 0 amide bonds. The molecular weight excluding hydrogens is 270 g/mol. The molecule has 0 fully saturated rings. The number of nitrogen functional groups attached to an aromatic ring is 1. The predicted octanol–water partition coefficient (Wildman–Crippen LogP) is 4.06. The van der Waals surface area contributed by atoms with Gasteiger partial charge in [0.2, 0.25) is 0 Å². The molecule has 0 atom stereocenters. The smallest absolute Gasteiger partial charge is 0.110 e. The first-order chi connectivity index (χ1) is 10.6. The zero-order chi connectivity index (χ0) is 15.5. The van der Waals surface area contributed by atoms with Gasteiger partial charge in [-0.05, 0) is 36.1 Å². The highest BCUT2D eigenvalue weighted by atomic mass is 15.1. The van der Waals surface area contributed by atoms with Gasteiger partial charge in [0.05, 0.1) is 11.0 Å². The molecule has 22 heavy (non-hydrogen) atoms.